The van der Waals surface area contributed by atoms with Crippen LogP contribution >= 0.6 is 11.9 Å². The van der Waals surface area contributed by atoms with E-state index < -0.39 is 0 Å². The van der Waals surface area contributed by atoms with E-state index in [2.05, 4.69) is 14.7 Å². The molecule has 0 amide bonds. The first kappa shape index (κ1) is 9.33. The van der Waals surface area contributed by atoms with Gasteiger partial charge >= 0.3 is 6.02 Å². The molecule has 14 heavy (non-hydrogen) atoms. The van der Waals surface area contributed by atoms with Crippen LogP contribution in [-0.4, -0.2) is 17.1 Å². The van der Waals surface area contributed by atoms with Gasteiger partial charge in [-0.1, -0.05) is 0 Å². The van der Waals surface area contributed by atoms with E-state index in [0.717, 1.165) is 10.7 Å². The van der Waals surface area contributed by atoms with E-state index in [4.69, 9.17) is 4.74 Å². The van der Waals surface area contributed by atoms with Gasteiger partial charge in [0.2, 0.25) is 0 Å². The Kier molecular flexibility index (Phi) is 2.58. The number of rotatable bonds is 1. The SMILES string of the molecule is CC(C)OC1=Nc2cccnc2SN1. The number of aliphatic imine (C=N–C) groups is 1. The average molecular weight is 209 g/mol. The largest absolute Gasteiger partial charge is 0.462 e. The Bertz CT molecular complexity index is 365. The molecule has 0 aromatic carbocycles. The summed E-state index contributed by atoms with van der Waals surface area (Å²) in [5.41, 5.74) is 0.854. The molecule has 0 spiro atoms. The number of nitrogens with one attached hydrogen (secondary N) is 1. The van der Waals surface area contributed by atoms with Crippen molar-refractivity contribution in [3.63, 3.8) is 0 Å². The number of fused-ring (bicyclic) bond motifs is 1. The molecule has 74 valence electrons. The molecule has 0 bridgehead atoms. The molecule has 1 aliphatic rings. The lowest BCUT2D eigenvalue weighted by atomic mass is 10.4. The van der Waals surface area contributed by atoms with Gasteiger partial charge in [0.15, 0.2) is 0 Å². The average Bonchev–Trinajstić information content (AvgIpc) is 2.17. The maximum absolute atomic E-state index is 5.44. The van der Waals surface area contributed by atoms with Gasteiger partial charge in [-0.05, 0) is 26.0 Å². The number of aromatic nitrogens is 1. The fourth-order valence-corrected chi connectivity index (χ4v) is 1.65. The molecular formula is C9H11N3OS. The fraction of sp³-hybridized carbons (Fsp3) is 0.333. The summed E-state index contributed by atoms with van der Waals surface area (Å²) >= 11 is 1.42. The van der Waals surface area contributed by atoms with E-state index in [1.54, 1.807) is 6.20 Å². The van der Waals surface area contributed by atoms with Gasteiger partial charge in [-0.2, -0.15) is 4.99 Å². The number of hydrogen-bond donors (Lipinski definition) is 1. The van der Waals surface area contributed by atoms with E-state index in [1.165, 1.54) is 11.9 Å². The van der Waals surface area contributed by atoms with Crippen LogP contribution in [0.25, 0.3) is 0 Å². The molecule has 1 aromatic heterocycles. The predicted molar refractivity (Wildman–Crippen MR) is 56.5 cm³/mol. The molecule has 0 aliphatic carbocycles. The lowest BCUT2D eigenvalue weighted by Gasteiger charge is -2.17. The van der Waals surface area contributed by atoms with Crippen LogP contribution in [0.2, 0.25) is 0 Å². The molecule has 1 aliphatic heterocycles. The Labute approximate surface area is 86.9 Å². The maximum Gasteiger partial charge on any atom is 0.300 e. The standard InChI is InChI=1S/C9H11N3OS/c1-6(2)13-9-11-7-4-3-5-10-8(7)14-12-9/h3-6H,1-2H3,(H,11,12). The molecule has 0 unspecified atom stereocenters. The van der Waals surface area contributed by atoms with Gasteiger partial charge in [0, 0.05) is 18.1 Å². The minimum Gasteiger partial charge on any atom is -0.462 e. The summed E-state index contributed by atoms with van der Waals surface area (Å²) in [7, 11) is 0. The van der Waals surface area contributed by atoms with Gasteiger partial charge in [0.25, 0.3) is 0 Å². The second kappa shape index (κ2) is 3.88. The normalized spacial score (nSPS) is 14.4. The molecule has 2 rings (SSSR count). The van der Waals surface area contributed by atoms with Crippen molar-refractivity contribution in [2.75, 3.05) is 0 Å². The van der Waals surface area contributed by atoms with Crippen LogP contribution in [0.4, 0.5) is 5.69 Å². The zero-order valence-electron chi connectivity index (χ0n) is 8.02. The van der Waals surface area contributed by atoms with E-state index in [9.17, 15) is 0 Å². The molecule has 5 heteroatoms. The lowest BCUT2D eigenvalue weighted by molar-refractivity contribution is 0.222. The fourth-order valence-electron chi connectivity index (χ4n) is 1.04. The number of pyridine rings is 1. The van der Waals surface area contributed by atoms with Crippen molar-refractivity contribution in [1.29, 1.82) is 0 Å². The van der Waals surface area contributed by atoms with E-state index >= 15 is 0 Å². The van der Waals surface area contributed by atoms with Crippen molar-refractivity contribution in [3.05, 3.63) is 18.3 Å². The lowest BCUT2D eigenvalue weighted by Crippen LogP contribution is -2.25. The topological polar surface area (TPSA) is 46.5 Å². The van der Waals surface area contributed by atoms with Crippen LogP contribution in [0.15, 0.2) is 28.3 Å². The molecule has 0 saturated carbocycles. The number of hydrogen-bond acceptors (Lipinski definition) is 5. The molecule has 0 atom stereocenters. The highest BCUT2D eigenvalue weighted by molar-refractivity contribution is 7.98. The summed E-state index contributed by atoms with van der Waals surface area (Å²) in [6.07, 6.45) is 1.87. The quantitative estimate of drug-likeness (QED) is 0.719. The number of nitrogens with zero attached hydrogens (tertiary/aromatic N) is 2. The first-order valence-electron chi connectivity index (χ1n) is 4.39. The molecular weight excluding hydrogens is 198 g/mol. The summed E-state index contributed by atoms with van der Waals surface area (Å²) < 4.78 is 8.43. The second-order valence-corrected chi connectivity index (χ2v) is 3.91. The van der Waals surface area contributed by atoms with E-state index in [0.29, 0.717) is 6.02 Å². The number of amidine groups is 1. The maximum atomic E-state index is 5.44. The first-order valence-corrected chi connectivity index (χ1v) is 5.20. The Balaban J connectivity index is 2.22. The van der Waals surface area contributed by atoms with Crippen LogP contribution in [0.5, 0.6) is 0 Å². The highest BCUT2D eigenvalue weighted by Crippen LogP contribution is 2.28. The third-order valence-electron chi connectivity index (χ3n) is 1.56. The Morgan fingerprint density at radius 2 is 2.36 bits per heavy atom. The summed E-state index contributed by atoms with van der Waals surface area (Å²) in [5.74, 6) is 0. The monoisotopic (exact) mass is 209 g/mol. The highest BCUT2D eigenvalue weighted by atomic mass is 32.2. The van der Waals surface area contributed by atoms with Crippen molar-refractivity contribution in [1.82, 2.24) is 9.71 Å². The third kappa shape index (κ3) is 1.98. The molecule has 4 nitrogen and oxygen atoms in total. The molecule has 2 heterocycles. The smallest absolute Gasteiger partial charge is 0.300 e. The van der Waals surface area contributed by atoms with Crippen LogP contribution in [0.1, 0.15) is 13.8 Å². The van der Waals surface area contributed by atoms with Gasteiger partial charge in [-0.25, -0.2) is 4.98 Å². The molecule has 1 N–H and O–H groups in total. The van der Waals surface area contributed by atoms with Crippen LogP contribution in [-0.2, 0) is 4.74 Å². The second-order valence-electron chi connectivity index (χ2n) is 3.12. The van der Waals surface area contributed by atoms with E-state index in [-0.39, 0.29) is 6.10 Å². The van der Waals surface area contributed by atoms with Gasteiger partial charge < -0.3 is 4.74 Å². The zero-order valence-corrected chi connectivity index (χ0v) is 8.84. The summed E-state index contributed by atoms with van der Waals surface area (Å²) in [5, 5.41) is 0.878. The van der Waals surface area contributed by atoms with Crippen molar-refractivity contribution in [2.45, 2.75) is 25.0 Å². The van der Waals surface area contributed by atoms with Gasteiger partial charge in [0.1, 0.15) is 10.7 Å². The summed E-state index contributed by atoms with van der Waals surface area (Å²) in [6.45, 7) is 3.93. The van der Waals surface area contributed by atoms with Crippen molar-refractivity contribution in [3.8, 4) is 0 Å². The number of ether oxygens (including phenoxy) is 1. The van der Waals surface area contributed by atoms with Gasteiger partial charge in [-0.3, -0.25) is 4.72 Å². The summed E-state index contributed by atoms with van der Waals surface area (Å²) in [6, 6.07) is 4.33. The van der Waals surface area contributed by atoms with Gasteiger partial charge in [-0.15, -0.1) is 0 Å². The first-order chi connectivity index (χ1) is 6.75. The van der Waals surface area contributed by atoms with Crippen molar-refractivity contribution >= 4 is 23.7 Å². The van der Waals surface area contributed by atoms with Crippen LogP contribution in [0.3, 0.4) is 0 Å². The molecule has 0 saturated heterocycles. The summed E-state index contributed by atoms with van der Waals surface area (Å²) in [4.78, 5) is 8.46. The molecule has 1 aromatic rings. The molecule has 0 radical (unpaired) electrons. The predicted octanol–water partition coefficient (Wildman–Crippen LogP) is 2.10. The van der Waals surface area contributed by atoms with Crippen LogP contribution in [0, 0.1) is 0 Å². The van der Waals surface area contributed by atoms with Crippen molar-refractivity contribution in [2.24, 2.45) is 4.99 Å². The zero-order chi connectivity index (χ0) is 9.97. The Morgan fingerprint density at radius 1 is 1.50 bits per heavy atom. The van der Waals surface area contributed by atoms with Crippen LogP contribution < -0.4 is 4.72 Å². The Hall–Kier alpha value is -1.23. The minimum atomic E-state index is 0.125. The highest BCUT2D eigenvalue weighted by Gasteiger charge is 2.14. The Morgan fingerprint density at radius 3 is 3.14 bits per heavy atom. The van der Waals surface area contributed by atoms with Crippen molar-refractivity contribution < 1.29 is 4.74 Å². The van der Waals surface area contributed by atoms with E-state index in [1.807, 2.05) is 26.0 Å². The molecule has 0 fully saturated rings. The minimum absolute atomic E-state index is 0.125. The van der Waals surface area contributed by atoms with Gasteiger partial charge in [0.05, 0.1) is 6.10 Å². The third-order valence-corrected chi connectivity index (χ3v) is 2.34.